The molecule has 1 aliphatic heterocycles. The molecule has 0 aromatic carbocycles. The van der Waals surface area contributed by atoms with Crippen LogP contribution in [0.1, 0.15) is 35.9 Å². The summed E-state index contributed by atoms with van der Waals surface area (Å²) in [5.41, 5.74) is 1.52. The van der Waals surface area contributed by atoms with E-state index in [0.717, 1.165) is 48.5 Å². The molecule has 7 nitrogen and oxygen atoms in total. The van der Waals surface area contributed by atoms with Crippen molar-refractivity contribution in [3.05, 3.63) is 42.1 Å². The molecule has 3 aromatic heterocycles. The Balaban J connectivity index is 1.66. The monoisotopic (exact) mass is 350 g/mol. The van der Waals surface area contributed by atoms with Gasteiger partial charge < -0.3 is 4.90 Å². The van der Waals surface area contributed by atoms with Gasteiger partial charge in [0.2, 0.25) is 0 Å². The summed E-state index contributed by atoms with van der Waals surface area (Å²) < 4.78 is 1.78. The Kier molecular flexibility index (Phi) is 4.36. The van der Waals surface area contributed by atoms with E-state index < -0.39 is 0 Å². The zero-order valence-electron chi connectivity index (χ0n) is 15.1. The average molecular weight is 350 g/mol. The Bertz CT molecular complexity index is 936. The third kappa shape index (κ3) is 2.94. The first-order valence-electron chi connectivity index (χ1n) is 9.05. The first kappa shape index (κ1) is 16.6. The van der Waals surface area contributed by atoms with Crippen molar-refractivity contribution in [2.24, 2.45) is 13.0 Å². The van der Waals surface area contributed by atoms with Crippen molar-refractivity contribution in [1.82, 2.24) is 24.7 Å². The summed E-state index contributed by atoms with van der Waals surface area (Å²) in [5, 5.41) is 5.28. The zero-order valence-corrected chi connectivity index (χ0v) is 15.1. The minimum Gasteiger partial charge on any atom is -0.355 e. The molecule has 0 aliphatic carbocycles. The molecule has 0 bridgehead atoms. The molecule has 0 radical (unpaired) electrons. The largest absolute Gasteiger partial charge is 0.355 e. The minimum absolute atomic E-state index is 0.0419. The fourth-order valence-corrected chi connectivity index (χ4v) is 3.58. The van der Waals surface area contributed by atoms with Gasteiger partial charge in [-0.3, -0.25) is 14.5 Å². The van der Waals surface area contributed by atoms with E-state index in [-0.39, 0.29) is 11.7 Å². The molecule has 4 rings (SSSR count). The van der Waals surface area contributed by atoms with Crippen molar-refractivity contribution in [2.45, 2.75) is 26.2 Å². The van der Waals surface area contributed by atoms with Crippen molar-refractivity contribution < 1.29 is 4.79 Å². The summed E-state index contributed by atoms with van der Waals surface area (Å²) in [7, 11) is 1.89. The van der Waals surface area contributed by atoms with E-state index in [2.05, 4.69) is 20.0 Å². The van der Waals surface area contributed by atoms with Gasteiger partial charge in [-0.2, -0.15) is 5.10 Å². The molecule has 134 valence electrons. The molecule has 0 saturated carbocycles. The summed E-state index contributed by atoms with van der Waals surface area (Å²) in [6.45, 7) is 3.60. The van der Waals surface area contributed by atoms with Crippen molar-refractivity contribution in [3.63, 3.8) is 0 Å². The first-order valence-corrected chi connectivity index (χ1v) is 9.05. The predicted molar refractivity (Wildman–Crippen MR) is 99.2 cm³/mol. The second-order valence-electron chi connectivity index (χ2n) is 6.71. The van der Waals surface area contributed by atoms with E-state index in [4.69, 9.17) is 4.98 Å². The quantitative estimate of drug-likeness (QED) is 0.673. The molecule has 1 saturated heterocycles. The van der Waals surface area contributed by atoms with Gasteiger partial charge in [0.1, 0.15) is 11.6 Å². The maximum Gasteiger partial charge on any atom is 0.169 e. The molecule has 4 heterocycles. The van der Waals surface area contributed by atoms with Crippen LogP contribution in [0.5, 0.6) is 0 Å². The third-order valence-electron chi connectivity index (χ3n) is 4.97. The Morgan fingerprint density at radius 1 is 1.31 bits per heavy atom. The van der Waals surface area contributed by atoms with Crippen LogP contribution in [0.2, 0.25) is 0 Å². The van der Waals surface area contributed by atoms with Crippen LogP contribution in [-0.4, -0.2) is 43.6 Å². The highest BCUT2D eigenvalue weighted by atomic mass is 16.1. The van der Waals surface area contributed by atoms with Gasteiger partial charge >= 0.3 is 0 Å². The minimum atomic E-state index is -0.0419. The van der Waals surface area contributed by atoms with E-state index in [9.17, 15) is 4.79 Å². The van der Waals surface area contributed by atoms with Crippen molar-refractivity contribution in [2.75, 3.05) is 18.0 Å². The smallest absolute Gasteiger partial charge is 0.169 e. The Morgan fingerprint density at radius 2 is 2.19 bits per heavy atom. The number of aromatic nitrogens is 5. The molecular formula is C19H22N6O. The van der Waals surface area contributed by atoms with Gasteiger partial charge in [-0.05, 0) is 25.0 Å². The Hall–Kier alpha value is -2.83. The topological polar surface area (TPSA) is 76.8 Å². The number of aryl methyl sites for hydroxylation is 2. The summed E-state index contributed by atoms with van der Waals surface area (Å²) in [5.74, 6) is 1.81. The van der Waals surface area contributed by atoms with Crippen LogP contribution in [0.3, 0.4) is 0 Å². The fraction of sp³-hybridized carbons (Fsp3) is 0.421. The number of fused-ring (bicyclic) bond motifs is 1. The molecule has 1 fully saturated rings. The van der Waals surface area contributed by atoms with Gasteiger partial charge in [0, 0.05) is 50.4 Å². The van der Waals surface area contributed by atoms with E-state index in [0.29, 0.717) is 12.1 Å². The SMILES string of the molecule is CCc1nc(N2CCCC(C(=O)c3cccnc3)C2)c2cnn(C)c2n1. The lowest BCUT2D eigenvalue weighted by Gasteiger charge is -2.33. The fourth-order valence-electron chi connectivity index (χ4n) is 3.58. The first-order chi connectivity index (χ1) is 12.7. The van der Waals surface area contributed by atoms with Gasteiger partial charge in [-0.1, -0.05) is 6.92 Å². The summed E-state index contributed by atoms with van der Waals surface area (Å²) in [6.07, 6.45) is 7.78. The lowest BCUT2D eigenvalue weighted by molar-refractivity contribution is 0.0906. The van der Waals surface area contributed by atoms with Gasteiger partial charge in [0.25, 0.3) is 0 Å². The zero-order chi connectivity index (χ0) is 18.1. The summed E-state index contributed by atoms with van der Waals surface area (Å²) in [6, 6.07) is 3.65. The molecule has 1 atom stereocenters. The van der Waals surface area contributed by atoms with Crippen LogP contribution in [0.25, 0.3) is 11.0 Å². The molecule has 7 heteroatoms. The lowest BCUT2D eigenvalue weighted by atomic mass is 9.90. The highest BCUT2D eigenvalue weighted by Crippen LogP contribution is 2.29. The normalized spacial score (nSPS) is 17.6. The second kappa shape index (κ2) is 6.82. The maximum atomic E-state index is 12.9. The molecular weight excluding hydrogens is 328 g/mol. The van der Waals surface area contributed by atoms with Gasteiger partial charge in [0.15, 0.2) is 11.4 Å². The van der Waals surface area contributed by atoms with E-state index in [1.807, 2.05) is 32.3 Å². The number of carbonyl (C=O) groups is 1. The number of piperidine rings is 1. The van der Waals surface area contributed by atoms with Crippen LogP contribution in [-0.2, 0) is 13.5 Å². The van der Waals surface area contributed by atoms with Crippen molar-refractivity contribution in [1.29, 1.82) is 0 Å². The van der Waals surface area contributed by atoms with Gasteiger partial charge in [-0.15, -0.1) is 0 Å². The van der Waals surface area contributed by atoms with E-state index >= 15 is 0 Å². The molecule has 26 heavy (non-hydrogen) atoms. The predicted octanol–water partition coefficient (Wildman–Crippen LogP) is 2.42. The van der Waals surface area contributed by atoms with Crippen LogP contribution < -0.4 is 4.90 Å². The summed E-state index contributed by atoms with van der Waals surface area (Å²) in [4.78, 5) is 28.5. The lowest BCUT2D eigenvalue weighted by Crippen LogP contribution is -2.39. The molecule has 1 aliphatic rings. The standard InChI is InChI=1S/C19H22N6O/c1-3-16-22-18-15(11-21-24(18)2)19(23-16)25-9-5-7-14(12-25)17(26)13-6-4-8-20-10-13/h4,6,8,10-11,14H,3,5,7,9,12H2,1-2H3. The van der Waals surface area contributed by atoms with E-state index in [1.54, 1.807) is 17.1 Å². The number of carbonyl (C=O) groups excluding carboxylic acids is 1. The number of hydrogen-bond acceptors (Lipinski definition) is 6. The number of rotatable bonds is 4. The molecule has 0 N–H and O–H groups in total. The van der Waals surface area contributed by atoms with Crippen LogP contribution in [0.4, 0.5) is 5.82 Å². The number of Topliss-reactive ketones (excluding diaryl/α,β-unsaturated/α-hetero) is 1. The van der Waals surface area contributed by atoms with E-state index in [1.165, 1.54) is 0 Å². The molecule has 0 amide bonds. The van der Waals surface area contributed by atoms with Gasteiger partial charge in [0.05, 0.1) is 11.6 Å². The third-order valence-corrected chi connectivity index (χ3v) is 4.97. The molecule has 0 spiro atoms. The highest BCUT2D eigenvalue weighted by Gasteiger charge is 2.29. The number of pyridine rings is 1. The van der Waals surface area contributed by atoms with Crippen LogP contribution in [0.15, 0.2) is 30.7 Å². The second-order valence-corrected chi connectivity index (χ2v) is 6.71. The molecule has 3 aromatic rings. The number of hydrogen-bond donors (Lipinski definition) is 0. The van der Waals surface area contributed by atoms with Crippen molar-refractivity contribution in [3.8, 4) is 0 Å². The number of anilines is 1. The Morgan fingerprint density at radius 3 is 2.96 bits per heavy atom. The molecule has 1 unspecified atom stereocenters. The number of ketones is 1. The van der Waals surface area contributed by atoms with Crippen molar-refractivity contribution >= 4 is 22.6 Å². The maximum absolute atomic E-state index is 12.9. The van der Waals surface area contributed by atoms with Crippen LogP contribution in [0, 0.1) is 5.92 Å². The highest BCUT2D eigenvalue weighted by molar-refractivity contribution is 5.98. The summed E-state index contributed by atoms with van der Waals surface area (Å²) >= 11 is 0. The average Bonchev–Trinajstić information content (AvgIpc) is 3.08. The van der Waals surface area contributed by atoms with Crippen LogP contribution >= 0.6 is 0 Å². The number of nitrogens with zero attached hydrogens (tertiary/aromatic N) is 6. The van der Waals surface area contributed by atoms with Gasteiger partial charge in [-0.25, -0.2) is 9.97 Å². The Labute approximate surface area is 152 Å².